The Labute approximate surface area is 126 Å². The largest absolute Gasteiger partial charge is 0.378 e. The van der Waals surface area contributed by atoms with Crippen molar-refractivity contribution in [2.24, 2.45) is 0 Å². The summed E-state index contributed by atoms with van der Waals surface area (Å²) in [5, 5.41) is 7.76. The van der Waals surface area contributed by atoms with Crippen molar-refractivity contribution in [1.29, 1.82) is 0 Å². The minimum atomic E-state index is 0.296. The van der Waals surface area contributed by atoms with Gasteiger partial charge in [-0.05, 0) is 51.5 Å². The predicted octanol–water partition coefficient (Wildman–Crippen LogP) is 2.82. The second-order valence-corrected chi connectivity index (χ2v) is 6.39. The number of rotatable bonds is 6. The van der Waals surface area contributed by atoms with Crippen LogP contribution in [0.15, 0.2) is 4.52 Å². The molecule has 0 amide bonds. The lowest BCUT2D eigenvalue weighted by atomic mass is 9.86. The third-order valence-corrected chi connectivity index (χ3v) is 4.68. The van der Waals surface area contributed by atoms with E-state index < -0.39 is 0 Å². The molecule has 5 nitrogen and oxygen atoms in total. The van der Waals surface area contributed by atoms with Gasteiger partial charge in [-0.1, -0.05) is 12.1 Å². The van der Waals surface area contributed by atoms with Crippen molar-refractivity contribution >= 4 is 0 Å². The van der Waals surface area contributed by atoms with Crippen molar-refractivity contribution in [1.82, 2.24) is 15.5 Å². The van der Waals surface area contributed by atoms with E-state index in [0.717, 1.165) is 57.0 Å². The first-order valence-corrected chi connectivity index (χ1v) is 8.52. The molecule has 5 heteroatoms. The fourth-order valence-corrected chi connectivity index (χ4v) is 3.42. The van der Waals surface area contributed by atoms with Gasteiger partial charge in [0.05, 0.1) is 6.10 Å². The Bertz CT molecular complexity index is 421. The Hall–Kier alpha value is -0.940. The molecule has 1 unspecified atom stereocenters. The zero-order valence-electron chi connectivity index (χ0n) is 13.0. The maximum atomic E-state index is 5.63. The molecule has 21 heavy (non-hydrogen) atoms. The van der Waals surface area contributed by atoms with E-state index in [4.69, 9.17) is 9.26 Å². The molecule has 2 heterocycles. The minimum absolute atomic E-state index is 0.296. The summed E-state index contributed by atoms with van der Waals surface area (Å²) in [6.45, 7) is 4.22. The van der Waals surface area contributed by atoms with Gasteiger partial charge >= 0.3 is 0 Å². The molecule has 1 aliphatic carbocycles. The van der Waals surface area contributed by atoms with Crippen molar-refractivity contribution < 1.29 is 9.26 Å². The molecule has 0 bridgehead atoms. The Balaban J connectivity index is 1.48. The smallest absolute Gasteiger partial charge is 0.229 e. The Kier molecular flexibility index (Phi) is 5.25. The van der Waals surface area contributed by atoms with Gasteiger partial charge in [-0.3, -0.25) is 0 Å². The first-order chi connectivity index (χ1) is 10.3. The number of nitrogens with zero attached hydrogens (tertiary/aromatic N) is 2. The van der Waals surface area contributed by atoms with Crippen molar-refractivity contribution in [3.63, 3.8) is 0 Å². The summed E-state index contributed by atoms with van der Waals surface area (Å²) in [4.78, 5) is 4.61. The highest BCUT2D eigenvalue weighted by Gasteiger charge is 2.27. The monoisotopic (exact) mass is 293 g/mol. The van der Waals surface area contributed by atoms with Gasteiger partial charge in [0.2, 0.25) is 5.89 Å². The molecule has 2 fully saturated rings. The van der Waals surface area contributed by atoms with Crippen LogP contribution in [0, 0.1) is 0 Å². The van der Waals surface area contributed by atoms with Crippen LogP contribution in [-0.2, 0) is 11.2 Å². The number of ether oxygens (including phenoxy) is 1. The molecule has 1 saturated carbocycles. The van der Waals surface area contributed by atoms with Gasteiger partial charge in [-0.25, -0.2) is 0 Å². The van der Waals surface area contributed by atoms with Crippen LogP contribution in [0.3, 0.4) is 0 Å². The van der Waals surface area contributed by atoms with Gasteiger partial charge in [-0.15, -0.1) is 0 Å². The number of hydrogen-bond acceptors (Lipinski definition) is 5. The Morgan fingerprint density at radius 2 is 2.05 bits per heavy atom. The third-order valence-electron chi connectivity index (χ3n) is 4.68. The molecule has 2 aliphatic rings. The average molecular weight is 293 g/mol. The number of nitrogens with one attached hydrogen (secondary N) is 1. The zero-order chi connectivity index (χ0) is 14.5. The molecule has 118 valence electrons. The zero-order valence-corrected chi connectivity index (χ0v) is 13.0. The van der Waals surface area contributed by atoms with Crippen LogP contribution in [0.4, 0.5) is 0 Å². The highest BCUT2D eigenvalue weighted by atomic mass is 16.5. The van der Waals surface area contributed by atoms with Crippen LogP contribution >= 0.6 is 0 Å². The lowest BCUT2D eigenvalue weighted by Crippen LogP contribution is -2.33. The van der Waals surface area contributed by atoms with Gasteiger partial charge in [0.15, 0.2) is 5.82 Å². The third kappa shape index (κ3) is 4.04. The van der Waals surface area contributed by atoms with Gasteiger partial charge < -0.3 is 14.6 Å². The van der Waals surface area contributed by atoms with E-state index in [1.54, 1.807) is 0 Å². The first-order valence-electron chi connectivity index (χ1n) is 8.52. The maximum absolute atomic E-state index is 5.63. The molecule has 1 aromatic heterocycles. The van der Waals surface area contributed by atoms with E-state index in [1.165, 1.54) is 19.3 Å². The van der Waals surface area contributed by atoms with Crippen LogP contribution in [0.5, 0.6) is 0 Å². The lowest BCUT2D eigenvalue weighted by molar-refractivity contribution is 0.109. The molecule has 1 aromatic rings. The van der Waals surface area contributed by atoms with Crippen LogP contribution in [-0.4, -0.2) is 35.4 Å². The second kappa shape index (κ2) is 7.36. The van der Waals surface area contributed by atoms with E-state index in [1.807, 2.05) is 0 Å². The van der Waals surface area contributed by atoms with Gasteiger partial charge in [0, 0.05) is 25.0 Å². The van der Waals surface area contributed by atoms with E-state index in [9.17, 15) is 0 Å². The summed E-state index contributed by atoms with van der Waals surface area (Å²) in [6.07, 6.45) is 9.33. The van der Waals surface area contributed by atoms with Gasteiger partial charge in [0.25, 0.3) is 0 Å². The van der Waals surface area contributed by atoms with Crippen molar-refractivity contribution in [2.75, 3.05) is 13.2 Å². The van der Waals surface area contributed by atoms with E-state index in [0.29, 0.717) is 18.1 Å². The van der Waals surface area contributed by atoms with Gasteiger partial charge in [-0.2, -0.15) is 4.98 Å². The summed E-state index contributed by atoms with van der Waals surface area (Å²) in [6, 6.07) is 0.676. The van der Waals surface area contributed by atoms with E-state index >= 15 is 0 Å². The summed E-state index contributed by atoms with van der Waals surface area (Å²) in [5.74, 6) is 2.12. The standard InChI is InChI=1S/C16H27N3O2/c1-2-9-17-13-7-5-12(6-8-13)16-18-15(19-21-16)11-14-4-3-10-20-14/h12-14,17H,2-11H2,1H3. The van der Waals surface area contributed by atoms with E-state index in [-0.39, 0.29) is 0 Å². The van der Waals surface area contributed by atoms with Crippen LogP contribution < -0.4 is 5.32 Å². The molecule has 1 atom stereocenters. The normalized spacial score (nSPS) is 29.9. The van der Waals surface area contributed by atoms with Gasteiger partial charge in [0.1, 0.15) is 0 Å². The van der Waals surface area contributed by atoms with Crippen LogP contribution in [0.25, 0.3) is 0 Å². The lowest BCUT2D eigenvalue weighted by Gasteiger charge is -2.27. The summed E-state index contributed by atoms with van der Waals surface area (Å²) >= 11 is 0. The molecule has 1 aliphatic heterocycles. The minimum Gasteiger partial charge on any atom is -0.378 e. The summed E-state index contributed by atoms with van der Waals surface area (Å²) < 4.78 is 11.1. The molecular weight excluding hydrogens is 266 g/mol. The SMILES string of the molecule is CCCNC1CCC(c2nc(CC3CCCO3)no2)CC1. The number of aromatic nitrogens is 2. The molecule has 3 rings (SSSR count). The fraction of sp³-hybridized carbons (Fsp3) is 0.875. The highest BCUT2D eigenvalue weighted by Crippen LogP contribution is 2.32. The maximum Gasteiger partial charge on any atom is 0.229 e. The summed E-state index contributed by atoms with van der Waals surface area (Å²) in [5.41, 5.74) is 0. The van der Waals surface area contributed by atoms with Crippen molar-refractivity contribution in [3.8, 4) is 0 Å². The Morgan fingerprint density at radius 3 is 2.76 bits per heavy atom. The fourth-order valence-electron chi connectivity index (χ4n) is 3.42. The second-order valence-electron chi connectivity index (χ2n) is 6.39. The first kappa shape index (κ1) is 15.0. The topological polar surface area (TPSA) is 60.2 Å². The quantitative estimate of drug-likeness (QED) is 0.874. The van der Waals surface area contributed by atoms with E-state index in [2.05, 4.69) is 22.4 Å². The molecule has 0 aromatic carbocycles. The molecule has 1 saturated heterocycles. The number of hydrogen-bond donors (Lipinski definition) is 1. The van der Waals surface area contributed by atoms with Crippen molar-refractivity contribution in [3.05, 3.63) is 11.7 Å². The molecular formula is C16H27N3O2. The summed E-state index contributed by atoms with van der Waals surface area (Å²) in [7, 11) is 0. The Morgan fingerprint density at radius 1 is 1.19 bits per heavy atom. The molecule has 1 N–H and O–H groups in total. The predicted molar refractivity (Wildman–Crippen MR) is 80.3 cm³/mol. The highest BCUT2D eigenvalue weighted by molar-refractivity contribution is 4.98. The molecule has 0 radical (unpaired) electrons. The van der Waals surface area contributed by atoms with Crippen LogP contribution in [0.1, 0.15) is 69.5 Å². The molecule has 0 spiro atoms. The van der Waals surface area contributed by atoms with Crippen molar-refractivity contribution in [2.45, 2.75) is 76.4 Å². The van der Waals surface area contributed by atoms with Crippen LogP contribution in [0.2, 0.25) is 0 Å². The average Bonchev–Trinajstić information content (AvgIpc) is 3.18.